The Kier molecular flexibility index (Phi) is 7.52. The summed E-state index contributed by atoms with van der Waals surface area (Å²) < 4.78 is 6.34. The molecule has 0 unspecified atom stereocenters. The molecule has 9 rings (SSSR count). The Balaban J connectivity index is 1.28. The maximum Gasteiger partial charge on any atom is 0.180 e. The highest BCUT2D eigenvalue weighted by Crippen LogP contribution is 2.42. The topological polar surface area (TPSA) is 75.3 Å². The number of furan rings is 1. The van der Waals surface area contributed by atoms with Crippen LogP contribution in [0.15, 0.2) is 180 Å². The number of benzene rings is 6. The molecule has 9 aromatic rings. The minimum Gasteiger partial charge on any atom is -0.507 e. The number of aromatic hydroxyl groups is 1. The molecule has 3 aromatic heterocycles. The first-order valence-electron chi connectivity index (χ1n) is 16.7. The molecular weight excluding hydrogens is 629 g/mol. The van der Waals surface area contributed by atoms with Crippen LogP contribution in [0.5, 0.6) is 5.75 Å². The molecule has 6 aromatic carbocycles. The van der Waals surface area contributed by atoms with Crippen LogP contribution in [0.2, 0.25) is 0 Å². The highest BCUT2D eigenvalue weighted by Gasteiger charge is 2.22. The molecular formula is C45H30N4O2. The van der Waals surface area contributed by atoms with Gasteiger partial charge in [-0.15, -0.1) is 0 Å². The highest BCUT2D eigenvalue weighted by molar-refractivity contribution is 6.07. The number of aromatic nitrogens is 3. The Morgan fingerprint density at radius 3 is 1.90 bits per heavy atom. The van der Waals surface area contributed by atoms with Crippen molar-refractivity contribution < 1.29 is 9.52 Å². The van der Waals surface area contributed by atoms with Crippen LogP contribution in [0.4, 0.5) is 17.2 Å². The van der Waals surface area contributed by atoms with Gasteiger partial charge >= 0.3 is 0 Å². The van der Waals surface area contributed by atoms with Crippen molar-refractivity contribution in [2.45, 2.75) is 0 Å². The molecule has 0 saturated carbocycles. The van der Waals surface area contributed by atoms with Crippen molar-refractivity contribution in [3.8, 4) is 50.6 Å². The van der Waals surface area contributed by atoms with E-state index in [4.69, 9.17) is 19.4 Å². The zero-order valence-corrected chi connectivity index (χ0v) is 27.4. The zero-order chi connectivity index (χ0) is 34.1. The van der Waals surface area contributed by atoms with Crippen LogP contribution >= 0.6 is 0 Å². The Morgan fingerprint density at radius 2 is 1.16 bits per heavy atom. The highest BCUT2D eigenvalue weighted by atomic mass is 16.3. The smallest absolute Gasteiger partial charge is 0.180 e. The van der Waals surface area contributed by atoms with E-state index in [-0.39, 0.29) is 5.75 Å². The molecule has 0 aliphatic rings. The molecule has 0 fully saturated rings. The molecule has 0 bridgehead atoms. The molecule has 242 valence electrons. The van der Waals surface area contributed by atoms with Crippen molar-refractivity contribution in [1.29, 1.82) is 0 Å². The molecule has 51 heavy (non-hydrogen) atoms. The summed E-state index contributed by atoms with van der Waals surface area (Å²) in [5.74, 6) is 1.39. The standard InChI is InChI=1S/C45H30N4O2/c50-39-19-9-7-17-37(39)42-44-43(38-18-8-10-20-40(38)51-44)48-45(47-42)34-27-33(31-15-5-2-6-16-31)28-36(29-34)49(41-21-11-12-26-46-41)35-24-22-32(23-25-35)30-13-3-1-4-14-30/h1-29,50H. The van der Waals surface area contributed by atoms with Crippen molar-refractivity contribution in [2.24, 2.45) is 0 Å². The second-order valence-corrected chi connectivity index (χ2v) is 12.3. The molecule has 6 nitrogen and oxygen atoms in total. The first-order chi connectivity index (χ1) is 25.2. The van der Waals surface area contributed by atoms with E-state index in [0.717, 1.165) is 50.4 Å². The van der Waals surface area contributed by atoms with Crippen LogP contribution < -0.4 is 4.90 Å². The fraction of sp³-hybridized carbons (Fsp3) is 0. The Morgan fingerprint density at radius 1 is 0.510 bits per heavy atom. The van der Waals surface area contributed by atoms with Crippen LogP contribution in [-0.4, -0.2) is 20.1 Å². The van der Waals surface area contributed by atoms with Gasteiger partial charge in [0.1, 0.15) is 28.4 Å². The second-order valence-electron chi connectivity index (χ2n) is 12.3. The van der Waals surface area contributed by atoms with Gasteiger partial charge in [-0.1, -0.05) is 103 Å². The van der Waals surface area contributed by atoms with Gasteiger partial charge in [0.15, 0.2) is 11.4 Å². The largest absolute Gasteiger partial charge is 0.507 e. The van der Waals surface area contributed by atoms with Crippen molar-refractivity contribution in [1.82, 2.24) is 15.0 Å². The van der Waals surface area contributed by atoms with Gasteiger partial charge in [-0.2, -0.15) is 0 Å². The molecule has 0 spiro atoms. The Hall–Kier alpha value is -7.05. The lowest BCUT2D eigenvalue weighted by Crippen LogP contribution is -2.12. The second kappa shape index (κ2) is 12.8. The quantitative estimate of drug-likeness (QED) is 0.184. The van der Waals surface area contributed by atoms with E-state index in [1.165, 1.54) is 0 Å². The number of phenolic OH excluding ortho intramolecular Hbond substituents is 1. The number of pyridine rings is 1. The number of nitrogens with zero attached hydrogens (tertiary/aromatic N) is 4. The fourth-order valence-corrected chi connectivity index (χ4v) is 6.58. The summed E-state index contributed by atoms with van der Waals surface area (Å²) >= 11 is 0. The molecule has 1 N–H and O–H groups in total. The average Bonchev–Trinajstić information content (AvgIpc) is 3.58. The number of phenols is 1. The van der Waals surface area contributed by atoms with E-state index in [0.29, 0.717) is 33.8 Å². The molecule has 0 aliphatic carbocycles. The van der Waals surface area contributed by atoms with Crippen molar-refractivity contribution in [3.63, 3.8) is 0 Å². The predicted octanol–water partition coefficient (Wildman–Crippen LogP) is 11.6. The predicted molar refractivity (Wildman–Crippen MR) is 205 cm³/mol. The molecule has 0 aliphatic heterocycles. The van der Waals surface area contributed by atoms with Gasteiger partial charge in [-0.05, 0) is 89.0 Å². The number of anilines is 3. The maximum atomic E-state index is 11.0. The summed E-state index contributed by atoms with van der Waals surface area (Å²) in [6.45, 7) is 0. The molecule has 0 atom stereocenters. The summed E-state index contributed by atoms with van der Waals surface area (Å²) in [6, 6.07) is 56.5. The number of rotatable bonds is 7. The Bertz CT molecular complexity index is 2640. The van der Waals surface area contributed by atoms with E-state index in [9.17, 15) is 5.11 Å². The van der Waals surface area contributed by atoms with E-state index in [1.807, 2.05) is 85.1 Å². The third kappa shape index (κ3) is 5.65. The first-order valence-corrected chi connectivity index (χ1v) is 16.7. The van der Waals surface area contributed by atoms with Crippen molar-refractivity contribution in [2.75, 3.05) is 4.90 Å². The summed E-state index contributed by atoms with van der Waals surface area (Å²) in [4.78, 5) is 17.2. The summed E-state index contributed by atoms with van der Waals surface area (Å²) in [5.41, 5.74) is 9.98. The summed E-state index contributed by atoms with van der Waals surface area (Å²) in [5, 5.41) is 11.9. The zero-order valence-electron chi connectivity index (χ0n) is 27.4. The van der Waals surface area contributed by atoms with E-state index in [1.54, 1.807) is 12.1 Å². The Labute approximate surface area is 294 Å². The lowest BCUT2D eigenvalue weighted by molar-refractivity contribution is 0.477. The molecule has 6 heteroatoms. The van der Waals surface area contributed by atoms with Gasteiger partial charge in [0.25, 0.3) is 0 Å². The number of para-hydroxylation sites is 2. The molecule has 0 amide bonds. The van der Waals surface area contributed by atoms with Crippen LogP contribution in [0, 0.1) is 0 Å². The summed E-state index contributed by atoms with van der Waals surface area (Å²) in [6.07, 6.45) is 1.81. The molecule has 0 radical (unpaired) electrons. The van der Waals surface area contributed by atoms with Crippen LogP contribution in [0.1, 0.15) is 0 Å². The lowest BCUT2D eigenvalue weighted by Gasteiger charge is -2.26. The van der Waals surface area contributed by atoms with E-state index >= 15 is 0 Å². The van der Waals surface area contributed by atoms with Crippen molar-refractivity contribution in [3.05, 3.63) is 176 Å². The van der Waals surface area contributed by atoms with Gasteiger partial charge < -0.3 is 9.52 Å². The number of fused-ring (bicyclic) bond motifs is 3. The van der Waals surface area contributed by atoms with Gasteiger partial charge in [0, 0.05) is 34.1 Å². The van der Waals surface area contributed by atoms with Crippen LogP contribution in [-0.2, 0) is 0 Å². The fourth-order valence-electron chi connectivity index (χ4n) is 6.58. The average molecular weight is 659 g/mol. The summed E-state index contributed by atoms with van der Waals surface area (Å²) in [7, 11) is 0. The minimum absolute atomic E-state index is 0.114. The van der Waals surface area contributed by atoms with Crippen molar-refractivity contribution >= 4 is 39.3 Å². The monoisotopic (exact) mass is 658 g/mol. The third-order valence-electron chi connectivity index (χ3n) is 9.03. The number of hydrogen-bond donors (Lipinski definition) is 1. The normalized spacial score (nSPS) is 11.2. The minimum atomic E-state index is 0.114. The number of hydrogen-bond acceptors (Lipinski definition) is 6. The maximum absolute atomic E-state index is 11.0. The van der Waals surface area contributed by atoms with Gasteiger partial charge in [0.2, 0.25) is 0 Å². The van der Waals surface area contributed by atoms with Gasteiger partial charge in [-0.3, -0.25) is 4.90 Å². The SMILES string of the molecule is Oc1ccccc1-c1nc(-c2cc(-c3ccccc3)cc(N(c3ccc(-c4ccccc4)cc3)c3ccccn3)c2)nc2c1oc1ccccc12. The van der Waals surface area contributed by atoms with Crippen LogP contribution in [0.3, 0.4) is 0 Å². The lowest BCUT2D eigenvalue weighted by atomic mass is 10.00. The van der Waals surface area contributed by atoms with E-state index in [2.05, 4.69) is 83.8 Å². The van der Waals surface area contributed by atoms with Gasteiger partial charge in [-0.25, -0.2) is 15.0 Å². The third-order valence-corrected chi connectivity index (χ3v) is 9.03. The van der Waals surface area contributed by atoms with E-state index < -0.39 is 0 Å². The van der Waals surface area contributed by atoms with Crippen LogP contribution in [0.25, 0.3) is 67.0 Å². The molecule has 3 heterocycles. The van der Waals surface area contributed by atoms with Gasteiger partial charge in [0.05, 0.1) is 0 Å². The molecule has 0 saturated heterocycles. The first kappa shape index (κ1) is 30.0.